The molecule has 2 aromatic carbocycles. The van der Waals surface area contributed by atoms with Gasteiger partial charge in [0, 0.05) is 10.9 Å². The number of allylic oxidation sites excluding steroid dienone is 1. The summed E-state index contributed by atoms with van der Waals surface area (Å²) in [5.74, 6) is -0.730. The van der Waals surface area contributed by atoms with Crippen molar-refractivity contribution in [3.63, 3.8) is 0 Å². The number of aromatic nitrogens is 1. The minimum atomic E-state index is -0.630. The molecule has 0 unspecified atom stereocenters. The lowest BCUT2D eigenvalue weighted by Crippen LogP contribution is -1.98. The van der Waals surface area contributed by atoms with Gasteiger partial charge in [0.05, 0.1) is 18.4 Å². The Balaban J connectivity index is 2.25. The Morgan fingerprint density at radius 3 is 2.32 bits per heavy atom. The van der Waals surface area contributed by atoms with Crippen molar-refractivity contribution in [2.75, 3.05) is 7.11 Å². The van der Waals surface area contributed by atoms with Crippen LogP contribution < -0.4 is 0 Å². The fraction of sp³-hybridized carbons (Fsp3) is 0.0500. The second-order valence-corrected chi connectivity index (χ2v) is 5.19. The molecule has 0 saturated heterocycles. The molecule has 1 heterocycles. The van der Waals surface area contributed by atoms with Gasteiger partial charge >= 0.3 is 0 Å². The van der Waals surface area contributed by atoms with Gasteiger partial charge in [-0.05, 0) is 12.1 Å². The van der Waals surface area contributed by atoms with Crippen LogP contribution in [0.2, 0.25) is 0 Å². The molecule has 0 aliphatic carbocycles. The van der Waals surface area contributed by atoms with Gasteiger partial charge in [-0.2, -0.15) is 10.5 Å². The van der Waals surface area contributed by atoms with Crippen molar-refractivity contribution in [1.29, 1.82) is 10.5 Å². The number of halogens is 1. The lowest BCUT2D eigenvalue weighted by Gasteiger charge is -2.10. The molecule has 0 amide bonds. The molecule has 0 fully saturated rings. The van der Waals surface area contributed by atoms with E-state index in [1.807, 2.05) is 36.4 Å². The zero-order valence-corrected chi connectivity index (χ0v) is 13.3. The van der Waals surface area contributed by atoms with E-state index >= 15 is 4.39 Å². The van der Waals surface area contributed by atoms with Gasteiger partial charge in [-0.1, -0.05) is 42.5 Å². The molecule has 0 spiro atoms. The molecule has 5 heteroatoms. The third kappa shape index (κ3) is 2.91. The van der Waals surface area contributed by atoms with Crippen molar-refractivity contribution in [3.05, 3.63) is 71.6 Å². The van der Waals surface area contributed by atoms with Crippen LogP contribution in [0.3, 0.4) is 0 Å². The summed E-state index contributed by atoms with van der Waals surface area (Å²) in [6.07, 6.45) is 0. The van der Waals surface area contributed by atoms with Crippen molar-refractivity contribution in [3.8, 4) is 23.4 Å². The van der Waals surface area contributed by atoms with E-state index in [-0.39, 0.29) is 22.4 Å². The van der Waals surface area contributed by atoms with E-state index in [0.717, 1.165) is 5.56 Å². The van der Waals surface area contributed by atoms with E-state index in [4.69, 9.17) is 15.3 Å². The number of ether oxygens (including phenoxy) is 1. The molecule has 4 nitrogen and oxygen atoms in total. The van der Waals surface area contributed by atoms with Gasteiger partial charge in [-0.15, -0.1) is 0 Å². The largest absolute Gasteiger partial charge is 0.494 e. The summed E-state index contributed by atoms with van der Waals surface area (Å²) >= 11 is 0. The van der Waals surface area contributed by atoms with Crippen LogP contribution in [0.25, 0.3) is 27.9 Å². The predicted octanol–water partition coefficient (Wildman–Crippen LogP) is 4.45. The molecule has 0 radical (unpaired) electrons. The van der Waals surface area contributed by atoms with Crippen molar-refractivity contribution in [2.24, 2.45) is 0 Å². The van der Waals surface area contributed by atoms with Crippen LogP contribution in [-0.4, -0.2) is 12.1 Å². The molecule has 120 valence electrons. The maximum Gasteiger partial charge on any atom is 0.172 e. The standard InChI is InChI=1S/C20H12FN3O/c1-25-20(15(11-22)12-23)16-9-7-14-8-10-17(24-19(14)18(16)21)13-5-3-2-4-6-13/h2-10H,1H3. The summed E-state index contributed by atoms with van der Waals surface area (Å²) in [7, 11) is 1.29. The SMILES string of the molecule is COC(=C(C#N)C#N)c1ccc2ccc(-c3ccccc3)nc2c1F. The number of pyridine rings is 1. The summed E-state index contributed by atoms with van der Waals surface area (Å²) < 4.78 is 20.1. The van der Waals surface area contributed by atoms with E-state index in [0.29, 0.717) is 11.1 Å². The number of nitrogens with zero attached hydrogens (tertiary/aromatic N) is 3. The van der Waals surface area contributed by atoms with Gasteiger partial charge < -0.3 is 4.74 Å². The quantitative estimate of drug-likeness (QED) is 0.526. The van der Waals surface area contributed by atoms with Crippen LogP contribution in [-0.2, 0) is 4.74 Å². The van der Waals surface area contributed by atoms with Gasteiger partial charge in [0.25, 0.3) is 0 Å². The first kappa shape index (κ1) is 16.2. The Morgan fingerprint density at radius 1 is 1.00 bits per heavy atom. The van der Waals surface area contributed by atoms with Crippen LogP contribution in [0.4, 0.5) is 4.39 Å². The van der Waals surface area contributed by atoms with Crippen LogP contribution in [0.1, 0.15) is 5.56 Å². The molecule has 25 heavy (non-hydrogen) atoms. The summed E-state index contributed by atoms with van der Waals surface area (Å²) in [6, 6.07) is 19.6. The Morgan fingerprint density at radius 2 is 1.68 bits per heavy atom. The molecule has 1 aromatic heterocycles. The average molecular weight is 329 g/mol. The van der Waals surface area contributed by atoms with Gasteiger partial charge in [0.15, 0.2) is 17.1 Å². The number of rotatable bonds is 3. The van der Waals surface area contributed by atoms with Gasteiger partial charge in [0.2, 0.25) is 0 Å². The van der Waals surface area contributed by atoms with Gasteiger partial charge in [-0.3, -0.25) is 0 Å². The average Bonchev–Trinajstić information content (AvgIpc) is 2.67. The Hall–Kier alpha value is -3.70. The number of methoxy groups -OCH3 is 1. The molecule has 3 aromatic rings. The minimum Gasteiger partial charge on any atom is -0.494 e. The van der Waals surface area contributed by atoms with E-state index in [9.17, 15) is 0 Å². The summed E-state index contributed by atoms with van der Waals surface area (Å²) in [6.45, 7) is 0. The molecular weight excluding hydrogens is 317 g/mol. The minimum absolute atomic E-state index is 0.0332. The summed E-state index contributed by atoms with van der Waals surface area (Å²) in [5, 5.41) is 18.7. The molecule has 0 aliphatic heterocycles. The summed E-state index contributed by atoms with van der Waals surface area (Å²) in [4.78, 5) is 4.41. The fourth-order valence-corrected chi connectivity index (χ4v) is 2.57. The summed E-state index contributed by atoms with van der Waals surface area (Å²) in [5.41, 5.74) is 1.40. The van der Waals surface area contributed by atoms with Crippen molar-refractivity contribution in [1.82, 2.24) is 4.98 Å². The zero-order chi connectivity index (χ0) is 17.8. The van der Waals surface area contributed by atoms with E-state index in [2.05, 4.69) is 4.98 Å². The first-order valence-electron chi connectivity index (χ1n) is 7.43. The van der Waals surface area contributed by atoms with Crippen LogP contribution >= 0.6 is 0 Å². The number of benzene rings is 2. The lowest BCUT2D eigenvalue weighted by atomic mass is 10.0. The van der Waals surface area contributed by atoms with Gasteiger partial charge in [-0.25, -0.2) is 9.37 Å². The molecule has 3 rings (SSSR count). The van der Waals surface area contributed by atoms with E-state index in [1.165, 1.54) is 13.2 Å². The first-order chi connectivity index (χ1) is 12.2. The number of hydrogen-bond donors (Lipinski definition) is 0. The monoisotopic (exact) mass is 329 g/mol. The Bertz CT molecular complexity index is 1040. The smallest absolute Gasteiger partial charge is 0.172 e. The lowest BCUT2D eigenvalue weighted by molar-refractivity contribution is 0.366. The highest BCUT2D eigenvalue weighted by atomic mass is 19.1. The molecule has 0 bridgehead atoms. The van der Waals surface area contributed by atoms with Crippen molar-refractivity contribution < 1.29 is 9.13 Å². The molecular formula is C20H12FN3O. The van der Waals surface area contributed by atoms with Gasteiger partial charge in [0.1, 0.15) is 17.7 Å². The molecule has 0 saturated carbocycles. The predicted molar refractivity (Wildman–Crippen MR) is 92.3 cm³/mol. The van der Waals surface area contributed by atoms with Crippen molar-refractivity contribution in [2.45, 2.75) is 0 Å². The highest BCUT2D eigenvalue weighted by Gasteiger charge is 2.18. The zero-order valence-electron chi connectivity index (χ0n) is 13.3. The van der Waals surface area contributed by atoms with Crippen LogP contribution in [0, 0.1) is 28.5 Å². The van der Waals surface area contributed by atoms with Crippen molar-refractivity contribution >= 4 is 16.7 Å². The Kier molecular flexibility index (Phi) is 4.41. The van der Waals surface area contributed by atoms with E-state index < -0.39 is 5.82 Å². The third-order valence-electron chi connectivity index (χ3n) is 3.77. The van der Waals surface area contributed by atoms with Crippen LogP contribution in [0.5, 0.6) is 0 Å². The first-order valence-corrected chi connectivity index (χ1v) is 7.43. The maximum absolute atomic E-state index is 15.0. The third-order valence-corrected chi connectivity index (χ3v) is 3.77. The molecule has 0 N–H and O–H groups in total. The normalized spacial score (nSPS) is 9.92. The highest BCUT2D eigenvalue weighted by Crippen LogP contribution is 2.29. The second-order valence-electron chi connectivity index (χ2n) is 5.19. The number of nitriles is 2. The van der Waals surface area contributed by atoms with Crippen LogP contribution in [0.15, 0.2) is 60.2 Å². The second kappa shape index (κ2) is 6.82. The maximum atomic E-state index is 15.0. The van der Waals surface area contributed by atoms with E-state index in [1.54, 1.807) is 24.3 Å². The number of hydrogen-bond acceptors (Lipinski definition) is 4. The molecule has 0 aliphatic rings. The fourth-order valence-electron chi connectivity index (χ4n) is 2.57. The number of fused-ring (bicyclic) bond motifs is 1. The topological polar surface area (TPSA) is 69.7 Å². The highest BCUT2D eigenvalue weighted by molar-refractivity contribution is 5.86. The molecule has 0 atom stereocenters. The Labute approximate surface area is 144 Å².